The summed E-state index contributed by atoms with van der Waals surface area (Å²) >= 11 is 0. The molecule has 5 heteroatoms. The van der Waals surface area contributed by atoms with Crippen molar-refractivity contribution in [3.63, 3.8) is 0 Å². The summed E-state index contributed by atoms with van der Waals surface area (Å²) in [6.07, 6.45) is 35.8. The van der Waals surface area contributed by atoms with E-state index in [1.54, 1.807) is 6.08 Å². The van der Waals surface area contributed by atoms with Crippen LogP contribution < -0.4 is 0 Å². The Morgan fingerprint density at radius 2 is 0.959 bits per heavy atom. The molecule has 5 nitrogen and oxygen atoms in total. The van der Waals surface area contributed by atoms with Crippen LogP contribution in [0.4, 0.5) is 0 Å². The smallest absolute Gasteiger partial charge is 0.111 e. The molecule has 6 saturated carbocycles. The van der Waals surface area contributed by atoms with Gasteiger partial charge in [-0.2, -0.15) is 0 Å². The Bertz CT molecular complexity index is 909. The number of aliphatic hydroxyl groups excluding tert-OH is 1. The van der Waals surface area contributed by atoms with E-state index in [1.165, 1.54) is 135 Å². The van der Waals surface area contributed by atoms with Crippen LogP contribution in [0.25, 0.3) is 0 Å². The van der Waals surface area contributed by atoms with Crippen molar-refractivity contribution in [2.75, 3.05) is 0 Å². The highest BCUT2D eigenvalue weighted by Crippen LogP contribution is 2.51. The van der Waals surface area contributed by atoms with Crippen molar-refractivity contribution < 1.29 is 25.4 Å². The van der Waals surface area contributed by atoms with Crippen LogP contribution in [-0.4, -0.2) is 33.9 Å². The number of aliphatic hydroxyl groups is 1. The van der Waals surface area contributed by atoms with Crippen LogP contribution in [0.5, 0.6) is 0 Å². The number of hydrogen-bond acceptors (Lipinski definition) is 5. The van der Waals surface area contributed by atoms with Gasteiger partial charge in [-0.05, 0) is 181 Å². The first-order chi connectivity index (χ1) is 23.9. The molecule has 10 atom stereocenters. The Kier molecular flexibility index (Phi) is 16.8. The van der Waals surface area contributed by atoms with Crippen molar-refractivity contribution in [2.45, 2.75) is 199 Å². The van der Waals surface area contributed by atoms with Crippen molar-refractivity contribution in [2.24, 2.45) is 65.1 Å². The molecule has 0 radical (unpaired) electrons. The highest BCUT2D eigenvalue weighted by Gasteiger charge is 2.41. The van der Waals surface area contributed by atoms with Crippen molar-refractivity contribution in [1.29, 1.82) is 0 Å². The van der Waals surface area contributed by atoms with Crippen molar-refractivity contribution in [3.8, 4) is 0 Å². The molecule has 284 valence electrons. The van der Waals surface area contributed by atoms with Crippen molar-refractivity contribution >= 4 is 0 Å². The third-order valence-electron chi connectivity index (χ3n) is 15.6. The second-order valence-corrected chi connectivity index (χ2v) is 18.5. The van der Waals surface area contributed by atoms with E-state index in [0.717, 1.165) is 78.4 Å². The Balaban J connectivity index is 0.000000204. The monoisotopic (exact) mass is 687 g/mol. The lowest BCUT2D eigenvalue weighted by Gasteiger charge is -2.46. The van der Waals surface area contributed by atoms with Gasteiger partial charge in [0.1, 0.15) is 6.10 Å². The van der Waals surface area contributed by atoms with E-state index >= 15 is 0 Å². The molecule has 0 bridgehead atoms. The van der Waals surface area contributed by atoms with Gasteiger partial charge in [-0.3, -0.25) is 10.5 Å². The van der Waals surface area contributed by atoms with Gasteiger partial charge < -0.3 is 5.11 Å². The predicted molar refractivity (Wildman–Crippen MR) is 201 cm³/mol. The van der Waals surface area contributed by atoms with Crippen LogP contribution >= 0.6 is 0 Å². The fraction of sp³-hybridized carbons (Fsp3) is 0.955. The van der Waals surface area contributed by atoms with Crippen LogP contribution in [0.2, 0.25) is 0 Å². The van der Waals surface area contributed by atoms with Gasteiger partial charge in [0.15, 0.2) is 0 Å². The normalized spacial score (nSPS) is 40.9. The fourth-order valence-electron chi connectivity index (χ4n) is 12.7. The molecular weight excluding hydrogens is 608 g/mol. The lowest BCUT2D eigenvalue weighted by Crippen LogP contribution is -2.38. The Labute approximate surface area is 301 Å². The molecule has 49 heavy (non-hydrogen) atoms. The van der Waals surface area contributed by atoms with E-state index in [-0.39, 0.29) is 18.3 Å². The maximum atomic E-state index is 9.84. The highest BCUT2D eigenvalue weighted by atomic mass is 17.1. The second-order valence-electron chi connectivity index (χ2n) is 18.5. The first kappa shape index (κ1) is 39.7. The Hall–Kier alpha value is -0.460. The van der Waals surface area contributed by atoms with E-state index in [9.17, 15) is 10.4 Å². The van der Waals surface area contributed by atoms with Gasteiger partial charge in [0.2, 0.25) is 0 Å². The van der Waals surface area contributed by atoms with Gasteiger partial charge in [0.05, 0.1) is 12.2 Å². The highest BCUT2D eigenvalue weighted by molar-refractivity contribution is 4.92. The summed E-state index contributed by atoms with van der Waals surface area (Å²) in [5.41, 5.74) is 0. The van der Waals surface area contributed by atoms with Crippen LogP contribution in [0.15, 0.2) is 12.7 Å². The SMILES string of the molecule is C=CC(CCC(OO)C1CCC2CC(C3CCC(CCC)CC3)CCC2C1)OO.CCCC1CCC(C2CCC3CC(O)CCC3C2)CC1. The summed E-state index contributed by atoms with van der Waals surface area (Å²) in [5, 5.41) is 28.2. The molecule has 0 aliphatic heterocycles. The minimum absolute atomic E-state index is 0.0253. The molecule has 10 unspecified atom stereocenters. The van der Waals surface area contributed by atoms with Crippen LogP contribution in [0, 0.1) is 65.1 Å². The Morgan fingerprint density at radius 1 is 0.531 bits per heavy atom. The minimum Gasteiger partial charge on any atom is -0.393 e. The fourth-order valence-corrected chi connectivity index (χ4v) is 12.7. The lowest BCUT2D eigenvalue weighted by molar-refractivity contribution is -0.301. The van der Waals surface area contributed by atoms with E-state index < -0.39 is 0 Å². The molecule has 3 N–H and O–H groups in total. The molecule has 0 heterocycles. The number of hydrogen-bond donors (Lipinski definition) is 3. The van der Waals surface area contributed by atoms with Gasteiger partial charge >= 0.3 is 0 Å². The molecule has 0 aromatic heterocycles. The van der Waals surface area contributed by atoms with Crippen LogP contribution in [0.3, 0.4) is 0 Å². The quantitative estimate of drug-likeness (QED) is 0.102. The number of fused-ring (bicyclic) bond motifs is 2. The minimum atomic E-state index is -0.383. The largest absolute Gasteiger partial charge is 0.393 e. The van der Waals surface area contributed by atoms with Crippen LogP contribution in [0.1, 0.15) is 181 Å². The van der Waals surface area contributed by atoms with E-state index in [1.807, 2.05) is 0 Å². The Morgan fingerprint density at radius 3 is 1.43 bits per heavy atom. The van der Waals surface area contributed by atoms with Crippen molar-refractivity contribution in [1.82, 2.24) is 0 Å². The molecule has 0 aromatic carbocycles. The molecule has 6 rings (SSSR count). The maximum absolute atomic E-state index is 9.84. The van der Waals surface area contributed by atoms with E-state index in [0.29, 0.717) is 18.8 Å². The zero-order chi connectivity index (χ0) is 34.6. The third-order valence-corrected chi connectivity index (χ3v) is 15.6. The standard InChI is InChI=1S/C25H44O4.C19H34O/c1-3-5-18-6-8-19(9-7-18)20-10-11-22-17-23(13-12-21(22)16-20)25(29-27)15-14-24(4-2)28-26;1-2-3-14-4-6-15(7-5-14)16-8-9-18-13-19(20)11-10-17(18)12-16/h4,18-27H,2-3,5-17H2,1H3;14-20H,2-13H2,1H3. The first-order valence-electron chi connectivity index (χ1n) is 21.8. The summed E-state index contributed by atoms with van der Waals surface area (Å²) < 4.78 is 0. The third kappa shape index (κ3) is 11.5. The summed E-state index contributed by atoms with van der Waals surface area (Å²) in [7, 11) is 0. The van der Waals surface area contributed by atoms with Gasteiger partial charge in [0.25, 0.3) is 0 Å². The zero-order valence-corrected chi connectivity index (χ0v) is 31.9. The van der Waals surface area contributed by atoms with Gasteiger partial charge in [-0.15, -0.1) is 6.58 Å². The molecule has 0 amide bonds. The molecule has 6 aliphatic rings. The summed E-state index contributed by atoms with van der Waals surface area (Å²) in [4.78, 5) is 9.29. The molecular formula is C44H78O5. The molecule has 0 saturated heterocycles. The van der Waals surface area contributed by atoms with Gasteiger partial charge in [-0.25, -0.2) is 9.78 Å². The predicted octanol–water partition coefficient (Wildman–Crippen LogP) is 12.3. The summed E-state index contributed by atoms with van der Waals surface area (Å²) in [6, 6.07) is 0. The maximum Gasteiger partial charge on any atom is 0.111 e. The zero-order valence-electron chi connectivity index (χ0n) is 31.9. The number of rotatable bonds is 13. The topological polar surface area (TPSA) is 79.2 Å². The molecule has 0 spiro atoms. The first-order valence-corrected chi connectivity index (χ1v) is 21.8. The van der Waals surface area contributed by atoms with Gasteiger partial charge in [0, 0.05) is 0 Å². The second kappa shape index (κ2) is 20.7. The summed E-state index contributed by atoms with van der Waals surface area (Å²) in [6.45, 7) is 8.34. The molecule has 0 aromatic rings. The molecule has 6 fully saturated rings. The van der Waals surface area contributed by atoms with E-state index in [2.05, 4.69) is 25.3 Å². The van der Waals surface area contributed by atoms with E-state index in [4.69, 9.17) is 10.1 Å². The molecule has 6 aliphatic carbocycles. The van der Waals surface area contributed by atoms with Gasteiger partial charge in [-0.1, -0.05) is 71.3 Å². The average molecular weight is 687 g/mol. The van der Waals surface area contributed by atoms with Crippen LogP contribution in [-0.2, 0) is 9.78 Å². The van der Waals surface area contributed by atoms with Crippen molar-refractivity contribution in [3.05, 3.63) is 12.7 Å². The lowest BCUT2D eigenvalue weighted by atomic mass is 9.60. The summed E-state index contributed by atoms with van der Waals surface area (Å²) in [5.74, 6) is 10.1. The average Bonchev–Trinajstić information content (AvgIpc) is 3.14.